The fraction of sp³-hybridized carbons (Fsp3) is 0.286. The van der Waals surface area contributed by atoms with Crippen molar-refractivity contribution in [3.8, 4) is 5.75 Å². The van der Waals surface area contributed by atoms with Crippen molar-refractivity contribution in [2.75, 3.05) is 20.2 Å². The molecule has 2 aromatic carbocycles. The number of aryl methyl sites for hydroxylation is 1. The molecule has 0 radical (unpaired) electrons. The minimum Gasteiger partial charge on any atom is -0.497 e. The molecular formula is C21H20FNO3. The molecule has 1 fully saturated rings. The van der Waals surface area contributed by atoms with Gasteiger partial charge in [0, 0.05) is 36.0 Å². The van der Waals surface area contributed by atoms with Crippen LogP contribution in [0.1, 0.15) is 34.0 Å². The van der Waals surface area contributed by atoms with Crippen molar-refractivity contribution in [2.24, 2.45) is 0 Å². The number of likely N-dealkylation sites (tertiary alicyclic amines) is 1. The van der Waals surface area contributed by atoms with Crippen molar-refractivity contribution in [3.63, 3.8) is 0 Å². The number of ether oxygens (including phenoxy) is 1. The summed E-state index contributed by atoms with van der Waals surface area (Å²) in [4.78, 5) is 14.7. The third-order valence-corrected chi connectivity index (χ3v) is 5.16. The normalized spacial score (nSPS) is 17.0. The monoisotopic (exact) mass is 353 g/mol. The summed E-state index contributed by atoms with van der Waals surface area (Å²) in [5.74, 6) is 0.703. The van der Waals surface area contributed by atoms with Crippen LogP contribution in [-0.2, 0) is 0 Å². The Morgan fingerprint density at radius 3 is 2.85 bits per heavy atom. The molecule has 0 aliphatic carbocycles. The van der Waals surface area contributed by atoms with Gasteiger partial charge in [0.25, 0.3) is 5.91 Å². The number of carbonyl (C=O) groups excluding carboxylic acids is 1. The highest BCUT2D eigenvalue weighted by atomic mass is 19.1. The summed E-state index contributed by atoms with van der Waals surface area (Å²) in [6, 6.07) is 12.3. The van der Waals surface area contributed by atoms with Gasteiger partial charge in [-0.2, -0.15) is 0 Å². The van der Waals surface area contributed by atoms with Gasteiger partial charge in [-0.15, -0.1) is 0 Å². The Balaban J connectivity index is 1.60. The molecule has 3 aromatic rings. The van der Waals surface area contributed by atoms with Crippen molar-refractivity contribution >= 4 is 16.9 Å². The number of furan rings is 1. The average molecular weight is 353 g/mol. The maximum Gasteiger partial charge on any atom is 0.289 e. The van der Waals surface area contributed by atoms with Crippen LogP contribution in [0.15, 0.2) is 46.9 Å². The molecule has 1 aromatic heterocycles. The first-order chi connectivity index (χ1) is 12.6. The number of rotatable bonds is 3. The molecule has 5 heteroatoms. The van der Waals surface area contributed by atoms with E-state index in [1.165, 1.54) is 6.07 Å². The summed E-state index contributed by atoms with van der Waals surface area (Å²) in [5, 5.41) is 0.902. The van der Waals surface area contributed by atoms with E-state index in [2.05, 4.69) is 0 Å². The molecule has 0 saturated carbocycles. The Bertz CT molecular complexity index is 979. The van der Waals surface area contributed by atoms with Crippen molar-refractivity contribution in [3.05, 3.63) is 65.2 Å². The third kappa shape index (κ3) is 2.73. The van der Waals surface area contributed by atoms with Gasteiger partial charge in [-0.05, 0) is 37.1 Å². The Kier molecular flexibility index (Phi) is 4.15. The fourth-order valence-corrected chi connectivity index (χ4v) is 3.69. The number of nitrogens with zero attached hydrogens (tertiary/aromatic N) is 1. The molecule has 1 atom stereocenters. The lowest BCUT2D eigenvalue weighted by atomic mass is 9.98. The van der Waals surface area contributed by atoms with Gasteiger partial charge >= 0.3 is 0 Å². The van der Waals surface area contributed by atoms with Crippen molar-refractivity contribution in [1.29, 1.82) is 0 Å². The Hall–Kier alpha value is -2.82. The summed E-state index contributed by atoms with van der Waals surface area (Å²) >= 11 is 0. The van der Waals surface area contributed by atoms with Crippen LogP contribution in [0.2, 0.25) is 0 Å². The molecular weight excluding hydrogens is 333 g/mol. The highest BCUT2D eigenvalue weighted by molar-refractivity contribution is 5.99. The van der Waals surface area contributed by atoms with Crippen LogP contribution in [0.5, 0.6) is 5.75 Å². The zero-order valence-electron chi connectivity index (χ0n) is 14.8. The van der Waals surface area contributed by atoms with Gasteiger partial charge in [0.15, 0.2) is 5.76 Å². The molecule has 1 aliphatic heterocycles. The average Bonchev–Trinajstić information content (AvgIpc) is 3.26. The molecule has 4 nitrogen and oxygen atoms in total. The predicted molar refractivity (Wildman–Crippen MR) is 97.2 cm³/mol. The number of halogens is 1. The number of hydrogen-bond acceptors (Lipinski definition) is 3. The van der Waals surface area contributed by atoms with E-state index in [0.717, 1.165) is 17.4 Å². The van der Waals surface area contributed by atoms with E-state index in [-0.39, 0.29) is 17.6 Å². The minimum absolute atomic E-state index is 0.0185. The number of carbonyl (C=O) groups is 1. The highest BCUT2D eigenvalue weighted by Crippen LogP contribution is 2.33. The lowest BCUT2D eigenvalue weighted by Crippen LogP contribution is -2.28. The second-order valence-corrected chi connectivity index (χ2v) is 6.68. The molecule has 0 unspecified atom stereocenters. The molecule has 1 saturated heterocycles. The SMILES string of the molecule is COc1ccc2c(C)c(C(=O)N3CC[C@@H](c4ccccc4F)C3)oc2c1. The summed E-state index contributed by atoms with van der Waals surface area (Å²) in [6.07, 6.45) is 0.750. The highest BCUT2D eigenvalue weighted by Gasteiger charge is 2.32. The predicted octanol–water partition coefficient (Wildman–Crippen LogP) is 4.52. The molecule has 0 bridgehead atoms. The topological polar surface area (TPSA) is 42.7 Å². The van der Waals surface area contributed by atoms with Gasteiger partial charge in [-0.3, -0.25) is 4.79 Å². The van der Waals surface area contributed by atoms with Crippen LogP contribution in [-0.4, -0.2) is 31.0 Å². The van der Waals surface area contributed by atoms with E-state index in [1.807, 2.05) is 25.1 Å². The van der Waals surface area contributed by atoms with Gasteiger partial charge < -0.3 is 14.1 Å². The molecule has 2 heterocycles. The van der Waals surface area contributed by atoms with Gasteiger partial charge in [0.1, 0.15) is 17.1 Å². The van der Waals surface area contributed by atoms with Crippen LogP contribution in [0.25, 0.3) is 11.0 Å². The summed E-state index contributed by atoms with van der Waals surface area (Å²) in [7, 11) is 1.59. The lowest BCUT2D eigenvalue weighted by Gasteiger charge is -2.16. The van der Waals surface area contributed by atoms with Gasteiger partial charge in [-0.1, -0.05) is 18.2 Å². The Labute approximate surface area is 151 Å². The molecule has 134 valence electrons. The maximum absolute atomic E-state index is 14.0. The first kappa shape index (κ1) is 16.6. The summed E-state index contributed by atoms with van der Waals surface area (Å²) in [6.45, 7) is 2.98. The largest absolute Gasteiger partial charge is 0.497 e. The minimum atomic E-state index is -0.209. The Morgan fingerprint density at radius 1 is 1.27 bits per heavy atom. The number of methoxy groups -OCH3 is 1. The van der Waals surface area contributed by atoms with E-state index < -0.39 is 0 Å². The second-order valence-electron chi connectivity index (χ2n) is 6.68. The molecule has 1 amide bonds. The zero-order chi connectivity index (χ0) is 18.3. The fourth-order valence-electron chi connectivity index (χ4n) is 3.69. The van der Waals surface area contributed by atoms with E-state index >= 15 is 0 Å². The van der Waals surface area contributed by atoms with E-state index in [9.17, 15) is 9.18 Å². The molecule has 0 spiro atoms. The number of fused-ring (bicyclic) bond motifs is 1. The molecule has 26 heavy (non-hydrogen) atoms. The standard InChI is InChI=1S/C21H20FNO3/c1-13-16-8-7-15(25-2)11-19(16)26-20(13)21(24)23-10-9-14(12-23)17-5-3-4-6-18(17)22/h3-8,11,14H,9-10,12H2,1-2H3/t14-/m1/s1. The van der Waals surface area contributed by atoms with Crippen molar-refractivity contribution in [2.45, 2.75) is 19.3 Å². The lowest BCUT2D eigenvalue weighted by molar-refractivity contribution is 0.0760. The van der Waals surface area contributed by atoms with E-state index in [0.29, 0.717) is 35.7 Å². The third-order valence-electron chi connectivity index (χ3n) is 5.16. The maximum atomic E-state index is 14.0. The summed E-state index contributed by atoms with van der Waals surface area (Å²) in [5.41, 5.74) is 2.13. The number of hydrogen-bond donors (Lipinski definition) is 0. The van der Waals surface area contributed by atoms with Gasteiger partial charge in [0.05, 0.1) is 7.11 Å². The van der Waals surface area contributed by atoms with Gasteiger partial charge in [-0.25, -0.2) is 4.39 Å². The number of amides is 1. The molecule has 1 aliphatic rings. The smallest absolute Gasteiger partial charge is 0.289 e. The van der Waals surface area contributed by atoms with Crippen LogP contribution in [0.3, 0.4) is 0 Å². The quantitative estimate of drug-likeness (QED) is 0.695. The van der Waals surface area contributed by atoms with Crippen LogP contribution in [0, 0.1) is 12.7 Å². The van der Waals surface area contributed by atoms with Gasteiger partial charge in [0.2, 0.25) is 0 Å². The van der Waals surface area contributed by atoms with E-state index in [4.69, 9.17) is 9.15 Å². The van der Waals surface area contributed by atoms with Crippen molar-refractivity contribution in [1.82, 2.24) is 4.90 Å². The first-order valence-electron chi connectivity index (χ1n) is 8.69. The number of benzene rings is 2. The van der Waals surface area contributed by atoms with Crippen LogP contribution < -0.4 is 4.74 Å². The Morgan fingerprint density at radius 2 is 2.08 bits per heavy atom. The summed E-state index contributed by atoms with van der Waals surface area (Å²) < 4.78 is 25.1. The molecule has 0 N–H and O–H groups in total. The zero-order valence-corrected chi connectivity index (χ0v) is 14.8. The van der Waals surface area contributed by atoms with Crippen LogP contribution >= 0.6 is 0 Å². The first-order valence-corrected chi connectivity index (χ1v) is 8.69. The van der Waals surface area contributed by atoms with Crippen LogP contribution in [0.4, 0.5) is 4.39 Å². The molecule has 4 rings (SSSR count). The second kappa shape index (κ2) is 6.48. The van der Waals surface area contributed by atoms with E-state index in [1.54, 1.807) is 30.2 Å². The van der Waals surface area contributed by atoms with Crippen molar-refractivity contribution < 1.29 is 18.3 Å².